The first-order valence-corrected chi connectivity index (χ1v) is 8.33. The second-order valence-corrected chi connectivity index (χ2v) is 5.82. The van der Waals surface area contributed by atoms with Crippen molar-refractivity contribution in [2.75, 3.05) is 0 Å². The van der Waals surface area contributed by atoms with Crippen LogP contribution in [-0.2, 0) is 24.4 Å². The number of nitrogens with zero attached hydrogens (tertiary/aromatic N) is 1. The summed E-state index contributed by atoms with van der Waals surface area (Å²) >= 11 is 0. The summed E-state index contributed by atoms with van der Waals surface area (Å²) in [6.07, 6.45) is 0.127. The summed E-state index contributed by atoms with van der Waals surface area (Å²) in [5.74, 6) is -0.0287. The van der Waals surface area contributed by atoms with E-state index in [0.717, 1.165) is 5.56 Å². The summed E-state index contributed by atoms with van der Waals surface area (Å²) in [5.41, 5.74) is 2.39. The third-order valence-electron chi connectivity index (χ3n) is 3.73. The van der Waals surface area contributed by atoms with Gasteiger partial charge in [0, 0.05) is 6.07 Å². The molecule has 1 heterocycles. The SMILES string of the molecule is O=C(Cc1cccc(F)c1)NCc1cccc(OCc2ccccc2)n1. The second-order valence-electron chi connectivity index (χ2n) is 5.82. The number of pyridine rings is 1. The van der Waals surface area contributed by atoms with Gasteiger partial charge in [0.2, 0.25) is 11.8 Å². The molecule has 0 aliphatic rings. The summed E-state index contributed by atoms with van der Waals surface area (Å²) in [5, 5.41) is 2.79. The molecule has 1 amide bonds. The van der Waals surface area contributed by atoms with Crippen molar-refractivity contribution < 1.29 is 13.9 Å². The van der Waals surface area contributed by atoms with Gasteiger partial charge in [0.1, 0.15) is 12.4 Å². The molecule has 3 aromatic rings. The molecule has 1 aromatic heterocycles. The number of nitrogens with one attached hydrogen (secondary N) is 1. The zero-order valence-electron chi connectivity index (χ0n) is 14.2. The van der Waals surface area contributed by atoms with Gasteiger partial charge in [-0.15, -0.1) is 0 Å². The molecule has 5 heteroatoms. The lowest BCUT2D eigenvalue weighted by Crippen LogP contribution is -2.25. The molecule has 2 aromatic carbocycles. The Balaban J connectivity index is 1.51. The fourth-order valence-electron chi connectivity index (χ4n) is 2.45. The minimum absolute atomic E-state index is 0.127. The van der Waals surface area contributed by atoms with Crippen molar-refractivity contribution in [3.8, 4) is 5.88 Å². The Morgan fingerprint density at radius 3 is 2.54 bits per heavy atom. The van der Waals surface area contributed by atoms with Crippen LogP contribution in [0.2, 0.25) is 0 Å². The Labute approximate surface area is 151 Å². The van der Waals surface area contributed by atoms with Gasteiger partial charge >= 0.3 is 0 Å². The molecule has 0 bridgehead atoms. The van der Waals surface area contributed by atoms with Gasteiger partial charge in [-0.25, -0.2) is 9.37 Å². The lowest BCUT2D eigenvalue weighted by atomic mass is 10.1. The second kappa shape index (κ2) is 8.76. The van der Waals surface area contributed by atoms with Crippen LogP contribution in [0.25, 0.3) is 0 Å². The highest BCUT2D eigenvalue weighted by Gasteiger charge is 2.06. The maximum absolute atomic E-state index is 13.2. The molecule has 0 radical (unpaired) electrons. The number of ether oxygens (including phenoxy) is 1. The van der Waals surface area contributed by atoms with E-state index < -0.39 is 0 Å². The number of rotatable bonds is 7. The lowest BCUT2D eigenvalue weighted by molar-refractivity contribution is -0.120. The van der Waals surface area contributed by atoms with Crippen molar-refractivity contribution in [3.63, 3.8) is 0 Å². The fraction of sp³-hybridized carbons (Fsp3) is 0.143. The van der Waals surface area contributed by atoms with Gasteiger partial charge in [-0.05, 0) is 29.3 Å². The average Bonchev–Trinajstić information content (AvgIpc) is 2.66. The summed E-state index contributed by atoms with van der Waals surface area (Å²) in [6.45, 7) is 0.722. The van der Waals surface area contributed by atoms with Gasteiger partial charge in [0.05, 0.1) is 18.7 Å². The highest BCUT2D eigenvalue weighted by molar-refractivity contribution is 5.78. The molecule has 0 unspecified atom stereocenters. The van der Waals surface area contributed by atoms with Gasteiger partial charge in [-0.1, -0.05) is 48.5 Å². The van der Waals surface area contributed by atoms with Crippen LogP contribution in [0.4, 0.5) is 4.39 Å². The van der Waals surface area contributed by atoms with E-state index in [-0.39, 0.29) is 24.7 Å². The van der Waals surface area contributed by atoms with Crippen LogP contribution >= 0.6 is 0 Å². The molecule has 0 atom stereocenters. The number of carbonyl (C=O) groups excluding carboxylic acids is 1. The fourth-order valence-corrected chi connectivity index (χ4v) is 2.45. The topological polar surface area (TPSA) is 51.2 Å². The van der Waals surface area contributed by atoms with Crippen LogP contribution in [-0.4, -0.2) is 10.9 Å². The molecule has 0 spiro atoms. The average molecular weight is 350 g/mol. The summed E-state index contributed by atoms with van der Waals surface area (Å²) < 4.78 is 18.8. The van der Waals surface area contributed by atoms with E-state index in [0.29, 0.717) is 23.7 Å². The van der Waals surface area contributed by atoms with Gasteiger partial charge in [-0.3, -0.25) is 4.79 Å². The minimum atomic E-state index is -0.347. The number of hydrogen-bond acceptors (Lipinski definition) is 3. The van der Waals surface area contributed by atoms with Crippen LogP contribution in [0.5, 0.6) is 5.88 Å². The minimum Gasteiger partial charge on any atom is -0.473 e. The van der Waals surface area contributed by atoms with Crippen LogP contribution in [0.1, 0.15) is 16.8 Å². The molecule has 0 saturated heterocycles. The molecular formula is C21H19FN2O2. The summed E-state index contributed by atoms with van der Waals surface area (Å²) in [6, 6.07) is 21.3. The van der Waals surface area contributed by atoms with E-state index in [1.54, 1.807) is 18.2 Å². The normalized spacial score (nSPS) is 10.3. The highest BCUT2D eigenvalue weighted by Crippen LogP contribution is 2.11. The number of carbonyl (C=O) groups is 1. The van der Waals surface area contributed by atoms with Crippen LogP contribution < -0.4 is 10.1 Å². The Hall–Kier alpha value is -3.21. The van der Waals surface area contributed by atoms with Crippen LogP contribution in [0.15, 0.2) is 72.8 Å². The molecule has 4 nitrogen and oxygen atoms in total. The Morgan fingerprint density at radius 2 is 1.73 bits per heavy atom. The predicted octanol–water partition coefficient (Wildman–Crippen LogP) is 3.66. The predicted molar refractivity (Wildman–Crippen MR) is 97.0 cm³/mol. The largest absolute Gasteiger partial charge is 0.473 e. The van der Waals surface area contributed by atoms with Crippen molar-refractivity contribution in [2.45, 2.75) is 19.6 Å². The molecule has 3 rings (SSSR count). The third-order valence-corrected chi connectivity index (χ3v) is 3.73. The van der Waals surface area contributed by atoms with Gasteiger partial charge in [0.15, 0.2) is 0 Å². The first kappa shape index (κ1) is 17.6. The van der Waals surface area contributed by atoms with Crippen molar-refractivity contribution >= 4 is 5.91 Å². The number of benzene rings is 2. The molecule has 0 fully saturated rings. The van der Waals surface area contributed by atoms with Crippen LogP contribution in [0.3, 0.4) is 0 Å². The van der Waals surface area contributed by atoms with E-state index in [2.05, 4.69) is 10.3 Å². The third kappa shape index (κ3) is 5.41. The maximum Gasteiger partial charge on any atom is 0.224 e. The Bertz CT molecular complexity index is 869. The van der Waals surface area contributed by atoms with E-state index in [4.69, 9.17) is 4.74 Å². The summed E-state index contributed by atoms with van der Waals surface area (Å²) in [7, 11) is 0. The lowest BCUT2D eigenvalue weighted by Gasteiger charge is -2.08. The zero-order chi connectivity index (χ0) is 18.2. The van der Waals surface area contributed by atoms with Crippen molar-refractivity contribution in [3.05, 3.63) is 95.4 Å². The molecule has 0 aliphatic heterocycles. The molecule has 1 N–H and O–H groups in total. The van der Waals surface area contributed by atoms with Gasteiger partial charge < -0.3 is 10.1 Å². The van der Waals surface area contributed by atoms with E-state index >= 15 is 0 Å². The van der Waals surface area contributed by atoms with E-state index in [9.17, 15) is 9.18 Å². The molecular weight excluding hydrogens is 331 g/mol. The van der Waals surface area contributed by atoms with Crippen molar-refractivity contribution in [2.24, 2.45) is 0 Å². The van der Waals surface area contributed by atoms with Crippen molar-refractivity contribution in [1.29, 1.82) is 0 Å². The van der Waals surface area contributed by atoms with Crippen molar-refractivity contribution in [1.82, 2.24) is 10.3 Å². The maximum atomic E-state index is 13.2. The Morgan fingerprint density at radius 1 is 0.962 bits per heavy atom. The quantitative estimate of drug-likeness (QED) is 0.707. The monoisotopic (exact) mass is 350 g/mol. The number of halogens is 1. The highest BCUT2D eigenvalue weighted by atomic mass is 19.1. The number of hydrogen-bond donors (Lipinski definition) is 1. The van der Waals surface area contributed by atoms with E-state index in [1.807, 2.05) is 42.5 Å². The zero-order valence-corrected chi connectivity index (χ0v) is 14.2. The molecule has 0 aliphatic carbocycles. The molecule has 26 heavy (non-hydrogen) atoms. The summed E-state index contributed by atoms with van der Waals surface area (Å²) in [4.78, 5) is 16.4. The number of aromatic nitrogens is 1. The molecule has 132 valence electrons. The van der Waals surface area contributed by atoms with Crippen LogP contribution in [0, 0.1) is 5.82 Å². The Kier molecular flexibility index (Phi) is 5.93. The van der Waals surface area contributed by atoms with Gasteiger partial charge in [0.25, 0.3) is 0 Å². The van der Waals surface area contributed by atoms with E-state index in [1.165, 1.54) is 12.1 Å². The van der Waals surface area contributed by atoms with Gasteiger partial charge in [-0.2, -0.15) is 0 Å². The first-order chi connectivity index (χ1) is 12.7. The number of amides is 1. The standard InChI is InChI=1S/C21H19FN2O2/c22-18-9-4-8-17(12-18)13-20(25)23-14-19-10-5-11-21(24-19)26-15-16-6-2-1-3-7-16/h1-12H,13-15H2,(H,23,25). The molecule has 0 saturated carbocycles. The first-order valence-electron chi connectivity index (χ1n) is 8.33. The smallest absolute Gasteiger partial charge is 0.224 e.